The Morgan fingerprint density at radius 2 is 1.78 bits per heavy atom. The van der Waals surface area contributed by atoms with Gasteiger partial charge in [0.1, 0.15) is 11.5 Å². The zero-order valence-corrected chi connectivity index (χ0v) is 15.7. The molecule has 0 saturated heterocycles. The number of nitrogens with zero attached hydrogens (tertiary/aromatic N) is 1. The summed E-state index contributed by atoms with van der Waals surface area (Å²) in [7, 11) is 1.55. The first kappa shape index (κ1) is 20.6. The first-order valence-electron chi connectivity index (χ1n) is 8.72. The number of amides is 1. The van der Waals surface area contributed by atoms with E-state index >= 15 is 0 Å². The fourth-order valence-corrected chi connectivity index (χ4v) is 2.65. The van der Waals surface area contributed by atoms with Gasteiger partial charge >= 0.3 is 6.61 Å². The van der Waals surface area contributed by atoms with Gasteiger partial charge in [-0.25, -0.2) is 0 Å². The maximum atomic E-state index is 12.7. The average molecular weight is 378 g/mol. The van der Waals surface area contributed by atoms with Gasteiger partial charge in [0.15, 0.2) is 0 Å². The quantitative estimate of drug-likeness (QED) is 0.709. The van der Waals surface area contributed by atoms with E-state index in [9.17, 15) is 13.6 Å². The van der Waals surface area contributed by atoms with Crippen LogP contribution in [0, 0.1) is 0 Å². The molecule has 0 radical (unpaired) electrons. The SMILES string of the molecule is CCN(CC)CC(=O)Nc1ccc(OC(F)F)c(-c2ccc(OC)cc2)c1. The third kappa shape index (κ3) is 5.92. The predicted molar refractivity (Wildman–Crippen MR) is 101 cm³/mol. The standard InChI is InChI=1S/C20H24F2N2O3/c1-4-24(5-2)13-19(25)23-15-8-11-18(27-20(21)22)17(12-15)14-6-9-16(26-3)10-7-14/h6-12,20H,4-5,13H2,1-3H3,(H,23,25). The lowest BCUT2D eigenvalue weighted by Crippen LogP contribution is -2.32. The average Bonchev–Trinajstić information content (AvgIpc) is 2.67. The summed E-state index contributed by atoms with van der Waals surface area (Å²) in [5.41, 5.74) is 1.64. The summed E-state index contributed by atoms with van der Waals surface area (Å²) in [6.45, 7) is 2.82. The summed E-state index contributed by atoms with van der Waals surface area (Å²) in [5.74, 6) is 0.526. The van der Waals surface area contributed by atoms with E-state index in [2.05, 4.69) is 10.1 Å². The normalized spacial score (nSPS) is 10.9. The molecule has 0 aliphatic heterocycles. The minimum Gasteiger partial charge on any atom is -0.497 e. The number of methoxy groups -OCH3 is 1. The van der Waals surface area contributed by atoms with Crippen LogP contribution in [0.5, 0.6) is 11.5 Å². The molecular formula is C20H24F2N2O3. The fourth-order valence-electron chi connectivity index (χ4n) is 2.65. The Morgan fingerprint density at radius 1 is 1.11 bits per heavy atom. The minimum absolute atomic E-state index is 0.0388. The van der Waals surface area contributed by atoms with Crippen LogP contribution in [0.4, 0.5) is 14.5 Å². The van der Waals surface area contributed by atoms with E-state index in [1.807, 2.05) is 18.7 Å². The van der Waals surface area contributed by atoms with Crippen LogP contribution < -0.4 is 14.8 Å². The first-order valence-corrected chi connectivity index (χ1v) is 8.72. The summed E-state index contributed by atoms with van der Waals surface area (Å²) in [4.78, 5) is 14.2. The van der Waals surface area contributed by atoms with Gasteiger partial charge < -0.3 is 14.8 Å². The van der Waals surface area contributed by atoms with Gasteiger partial charge in [0, 0.05) is 11.3 Å². The molecule has 0 aromatic heterocycles. The van der Waals surface area contributed by atoms with Crippen molar-refractivity contribution in [3.8, 4) is 22.6 Å². The Morgan fingerprint density at radius 3 is 2.33 bits per heavy atom. The molecule has 0 atom stereocenters. The number of benzene rings is 2. The third-order valence-electron chi connectivity index (χ3n) is 4.14. The van der Waals surface area contributed by atoms with Crippen LogP contribution in [-0.4, -0.2) is 44.2 Å². The topological polar surface area (TPSA) is 50.8 Å². The first-order chi connectivity index (χ1) is 13.0. The molecule has 0 saturated carbocycles. The maximum Gasteiger partial charge on any atom is 0.387 e. The molecule has 0 fully saturated rings. The molecule has 27 heavy (non-hydrogen) atoms. The molecule has 1 amide bonds. The lowest BCUT2D eigenvalue weighted by Gasteiger charge is -2.18. The highest BCUT2D eigenvalue weighted by molar-refractivity contribution is 5.93. The maximum absolute atomic E-state index is 12.7. The molecule has 2 aromatic carbocycles. The van der Waals surface area contributed by atoms with Crippen molar-refractivity contribution in [1.82, 2.24) is 4.90 Å². The molecule has 0 aliphatic rings. The molecule has 0 bridgehead atoms. The number of hydrogen-bond acceptors (Lipinski definition) is 4. The Hall–Kier alpha value is -2.67. The van der Waals surface area contributed by atoms with Crippen molar-refractivity contribution in [3.63, 3.8) is 0 Å². The van der Waals surface area contributed by atoms with Crippen LogP contribution >= 0.6 is 0 Å². The van der Waals surface area contributed by atoms with Crippen LogP contribution in [-0.2, 0) is 4.79 Å². The number of halogens is 2. The fraction of sp³-hybridized carbons (Fsp3) is 0.350. The van der Waals surface area contributed by atoms with E-state index in [0.29, 0.717) is 22.6 Å². The monoisotopic (exact) mass is 378 g/mol. The Balaban J connectivity index is 2.28. The molecular weight excluding hydrogens is 354 g/mol. The van der Waals surface area contributed by atoms with Gasteiger partial charge in [-0.1, -0.05) is 26.0 Å². The van der Waals surface area contributed by atoms with Gasteiger partial charge in [-0.2, -0.15) is 8.78 Å². The summed E-state index contributed by atoms with van der Waals surface area (Å²) in [5, 5.41) is 2.81. The van der Waals surface area contributed by atoms with Crippen molar-refractivity contribution >= 4 is 11.6 Å². The number of carbonyl (C=O) groups is 1. The number of ether oxygens (including phenoxy) is 2. The number of carbonyl (C=O) groups excluding carboxylic acids is 1. The molecule has 0 spiro atoms. The number of alkyl halides is 2. The van der Waals surface area contributed by atoms with Crippen molar-refractivity contribution in [2.45, 2.75) is 20.5 Å². The van der Waals surface area contributed by atoms with E-state index in [-0.39, 0.29) is 18.2 Å². The highest BCUT2D eigenvalue weighted by atomic mass is 19.3. The molecule has 0 unspecified atom stereocenters. The smallest absolute Gasteiger partial charge is 0.387 e. The summed E-state index contributed by atoms with van der Waals surface area (Å²) >= 11 is 0. The Kier molecular flexibility index (Phi) is 7.55. The van der Waals surface area contributed by atoms with Gasteiger partial charge in [0.05, 0.1) is 13.7 Å². The van der Waals surface area contributed by atoms with E-state index in [4.69, 9.17) is 4.74 Å². The van der Waals surface area contributed by atoms with Crippen LogP contribution in [0.2, 0.25) is 0 Å². The van der Waals surface area contributed by atoms with Crippen molar-refractivity contribution < 1.29 is 23.0 Å². The van der Waals surface area contributed by atoms with Crippen molar-refractivity contribution in [3.05, 3.63) is 42.5 Å². The highest BCUT2D eigenvalue weighted by Gasteiger charge is 2.14. The van der Waals surface area contributed by atoms with E-state index in [0.717, 1.165) is 13.1 Å². The van der Waals surface area contributed by atoms with Crippen molar-refractivity contribution in [2.75, 3.05) is 32.1 Å². The Bertz CT molecular complexity index is 747. The number of hydrogen-bond donors (Lipinski definition) is 1. The van der Waals surface area contributed by atoms with E-state index < -0.39 is 6.61 Å². The molecule has 0 heterocycles. The minimum atomic E-state index is -2.94. The zero-order chi connectivity index (χ0) is 19.8. The third-order valence-corrected chi connectivity index (χ3v) is 4.14. The summed E-state index contributed by atoms with van der Waals surface area (Å²) in [6, 6.07) is 11.5. The lowest BCUT2D eigenvalue weighted by atomic mass is 10.0. The molecule has 146 valence electrons. The van der Waals surface area contributed by atoms with Crippen LogP contribution in [0.15, 0.2) is 42.5 Å². The number of likely N-dealkylation sites (N-methyl/N-ethyl adjacent to an activating group) is 1. The second kappa shape index (κ2) is 9.87. The van der Waals surface area contributed by atoms with Crippen molar-refractivity contribution in [1.29, 1.82) is 0 Å². The van der Waals surface area contributed by atoms with Gasteiger partial charge in [-0.05, 0) is 49.0 Å². The summed E-state index contributed by atoms with van der Waals surface area (Å²) in [6.07, 6.45) is 0. The summed E-state index contributed by atoms with van der Waals surface area (Å²) < 4.78 is 35.3. The second-order valence-corrected chi connectivity index (χ2v) is 5.83. The van der Waals surface area contributed by atoms with Gasteiger partial charge in [0.2, 0.25) is 5.91 Å². The van der Waals surface area contributed by atoms with E-state index in [1.54, 1.807) is 43.5 Å². The lowest BCUT2D eigenvalue weighted by molar-refractivity contribution is -0.117. The molecule has 7 heteroatoms. The molecule has 1 N–H and O–H groups in total. The molecule has 2 rings (SSSR count). The highest BCUT2D eigenvalue weighted by Crippen LogP contribution is 2.34. The van der Waals surface area contributed by atoms with Gasteiger partial charge in [-0.3, -0.25) is 9.69 Å². The molecule has 0 aliphatic carbocycles. The number of nitrogens with one attached hydrogen (secondary N) is 1. The predicted octanol–water partition coefficient (Wildman–Crippen LogP) is 4.24. The van der Waals surface area contributed by atoms with Gasteiger partial charge in [-0.15, -0.1) is 0 Å². The zero-order valence-electron chi connectivity index (χ0n) is 15.7. The van der Waals surface area contributed by atoms with E-state index in [1.165, 1.54) is 6.07 Å². The van der Waals surface area contributed by atoms with Crippen LogP contribution in [0.3, 0.4) is 0 Å². The molecule has 5 nitrogen and oxygen atoms in total. The number of anilines is 1. The van der Waals surface area contributed by atoms with Crippen LogP contribution in [0.25, 0.3) is 11.1 Å². The van der Waals surface area contributed by atoms with Crippen LogP contribution in [0.1, 0.15) is 13.8 Å². The Labute approximate surface area is 157 Å². The molecule has 2 aromatic rings. The largest absolute Gasteiger partial charge is 0.497 e. The number of rotatable bonds is 9. The van der Waals surface area contributed by atoms with Crippen molar-refractivity contribution in [2.24, 2.45) is 0 Å². The second-order valence-electron chi connectivity index (χ2n) is 5.83. The van der Waals surface area contributed by atoms with Gasteiger partial charge in [0.25, 0.3) is 0 Å².